The Morgan fingerprint density at radius 2 is 1.64 bits per heavy atom. The molecule has 2 rings (SSSR count). The molecule has 1 saturated carbocycles. The van der Waals surface area contributed by atoms with E-state index < -0.39 is 0 Å². The van der Waals surface area contributed by atoms with Gasteiger partial charge in [0, 0.05) is 0 Å². The van der Waals surface area contributed by atoms with Crippen LogP contribution in [0.5, 0.6) is 0 Å². The van der Waals surface area contributed by atoms with Crippen LogP contribution in [0.4, 0.5) is 0 Å². The minimum atomic E-state index is 0.423. The summed E-state index contributed by atoms with van der Waals surface area (Å²) >= 11 is 0. The van der Waals surface area contributed by atoms with E-state index in [2.05, 4.69) is 85.4 Å². The van der Waals surface area contributed by atoms with Crippen molar-refractivity contribution in [1.82, 2.24) is 0 Å². The highest BCUT2D eigenvalue weighted by Gasteiger charge is 2.32. The van der Waals surface area contributed by atoms with Crippen molar-refractivity contribution in [3.63, 3.8) is 0 Å². The molecule has 0 aliphatic heterocycles. The topological polar surface area (TPSA) is 0 Å². The second kappa shape index (κ2) is 15.2. The summed E-state index contributed by atoms with van der Waals surface area (Å²) in [6.07, 6.45) is 8.64. The highest BCUT2D eigenvalue weighted by atomic mass is 14.4. The van der Waals surface area contributed by atoms with Crippen LogP contribution in [0.25, 0.3) is 0 Å². The molecule has 1 aliphatic carbocycles. The number of allylic oxidation sites excluding steroid dienone is 1. The molecule has 0 bridgehead atoms. The van der Waals surface area contributed by atoms with E-state index in [-0.39, 0.29) is 0 Å². The molecule has 25 heavy (non-hydrogen) atoms. The fraction of sp³-hybridized carbons (Fsp3) is 0.680. The van der Waals surface area contributed by atoms with Gasteiger partial charge < -0.3 is 0 Å². The molecule has 0 radical (unpaired) electrons. The summed E-state index contributed by atoms with van der Waals surface area (Å²) < 4.78 is 0. The highest BCUT2D eigenvalue weighted by Crippen LogP contribution is 2.43. The average molecular weight is 347 g/mol. The zero-order chi connectivity index (χ0) is 19.9. The van der Waals surface area contributed by atoms with E-state index in [9.17, 15) is 0 Å². The van der Waals surface area contributed by atoms with Crippen molar-refractivity contribution in [1.29, 1.82) is 0 Å². The van der Waals surface area contributed by atoms with Crippen LogP contribution in [0.15, 0.2) is 36.9 Å². The van der Waals surface area contributed by atoms with Crippen LogP contribution in [0, 0.1) is 24.2 Å². The van der Waals surface area contributed by atoms with Crippen LogP contribution < -0.4 is 0 Å². The molecule has 2 unspecified atom stereocenters. The first-order valence-electron chi connectivity index (χ1n) is 10.5. The first kappa shape index (κ1) is 26.2. The molecule has 3 atom stereocenters. The lowest BCUT2D eigenvalue weighted by Crippen LogP contribution is -2.29. The maximum absolute atomic E-state index is 3.93. The largest absolute Gasteiger partial charge is 0.103 e. The quantitative estimate of drug-likeness (QED) is 0.470. The first-order chi connectivity index (χ1) is 11.8. The van der Waals surface area contributed by atoms with E-state index in [1.165, 1.54) is 36.8 Å². The minimum Gasteiger partial charge on any atom is -0.103 e. The molecule has 0 N–H and O–H groups in total. The van der Waals surface area contributed by atoms with Crippen molar-refractivity contribution >= 4 is 0 Å². The lowest BCUT2D eigenvalue weighted by molar-refractivity contribution is 0.149. The van der Waals surface area contributed by atoms with Gasteiger partial charge in [0.1, 0.15) is 0 Å². The Bertz CT molecular complexity index is 431. The van der Waals surface area contributed by atoms with Crippen LogP contribution in [0.2, 0.25) is 0 Å². The second-order valence-electron chi connectivity index (χ2n) is 7.48. The Morgan fingerprint density at radius 1 is 1.12 bits per heavy atom. The van der Waals surface area contributed by atoms with Gasteiger partial charge in [-0.3, -0.25) is 0 Å². The fourth-order valence-corrected chi connectivity index (χ4v) is 3.10. The Labute approximate surface area is 160 Å². The lowest BCUT2D eigenvalue weighted by Gasteiger charge is -2.39. The minimum absolute atomic E-state index is 0.423. The van der Waals surface area contributed by atoms with E-state index in [0.29, 0.717) is 5.41 Å². The maximum Gasteiger partial charge on any atom is -0.0123 e. The molecule has 0 saturated heterocycles. The van der Waals surface area contributed by atoms with Crippen LogP contribution in [-0.2, 0) is 6.42 Å². The zero-order valence-electron chi connectivity index (χ0n) is 18.8. The smallest absolute Gasteiger partial charge is 0.0123 e. The number of benzene rings is 1. The maximum atomic E-state index is 3.93. The first-order valence-corrected chi connectivity index (χ1v) is 10.5. The molecule has 146 valence electrons. The predicted molar refractivity (Wildman–Crippen MR) is 118 cm³/mol. The summed E-state index contributed by atoms with van der Waals surface area (Å²) in [4.78, 5) is 0. The lowest BCUT2D eigenvalue weighted by atomic mass is 9.65. The molecular formula is C25H46. The van der Waals surface area contributed by atoms with E-state index in [1.54, 1.807) is 0 Å². The summed E-state index contributed by atoms with van der Waals surface area (Å²) in [7, 11) is 0. The zero-order valence-corrected chi connectivity index (χ0v) is 18.8. The van der Waals surface area contributed by atoms with Gasteiger partial charge >= 0.3 is 0 Å². The summed E-state index contributed by atoms with van der Waals surface area (Å²) in [5.41, 5.74) is 3.28. The Morgan fingerprint density at radius 3 is 2.00 bits per heavy atom. The van der Waals surface area contributed by atoms with Gasteiger partial charge in [-0.05, 0) is 61.0 Å². The monoisotopic (exact) mass is 346 g/mol. The number of hydrogen-bond donors (Lipinski definition) is 0. The van der Waals surface area contributed by atoms with E-state index >= 15 is 0 Å². The number of hydrogen-bond acceptors (Lipinski definition) is 0. The third-order valence-electron chi connectivity index (χ3n) is 5.17. The van der Waals surface area contributed by atoms with Crippen molar-refractivity contribution in [3.05, 3.63) is 48.0 Å². The third kappa shape index (κ3) is 10.5. The van der Waals surface area contributed by atoms with Gasteiger partial charge in [0.15, 0.2) is 0 Å². The van der Waals surface area contributed by atoms with Crippen LogP contribution in [0.3, 0.4) is 0 Å². The average Bonchev–Trinajstić information content (AvgIpc) is 2.62. The Hall–Kier alpha value is -1.04. The van der Waals surface area contributed by atoms with Crippen molar-refractivity contribution < 1.29 is 0 Å². The predicted octanol–water partition coefficient (Wildman–Crippen LogP) is 8.63. The molecular weight excluding hydrogens is 300 g/mol. The summed E-state index contributed by atoms with van der Waals surface area (Å²) in [6, 6.07) is 8.49. The molecule has 0 spiro atoms. The molecule has 0 heteroatoms. The standard InChI is InChI=1S/C11H20.C9H12.C3H8.C2H6/c1-5-11(4)7-6-9(2)8-10(11)3;1-3-9-7-5-4-6-8(9)2;1-3-2;1-2/h5,9-10H,1,6-8H2,2-4H3;4-7H,3H2,1-2H3;3H2,1-2H3;1-2H3/t9?,10?,11-;;;/m0.../s1. The van der Waals surface area contributed by atoms with Gasteiger partial charge in [-0.1, -0.05) is 92.2 Å². The summed E-state index contributed by atoms with van der Waals surface area (Å²) in [5.74, 6) is 1.75. The van der Waals surface area contributed by atoms with Crippen molar-refractivity contribution in [3.8, 4) is 0 Å². The van der Waals surface area contributed by atoms with Gasteiger partial charge in [0.2, 0.25) is 0 Å². The second-order valence-corrected chi connectivity index (χ2v) is 7.48. The number of aryl methyl sites for hydroxylation is 2. The van der Waals surface area contributed by atoms with E-state index in [1.807, 2.05) is 13.8 Å². The van der Waals surface area contributed by atoms with Gasteiger partial charge in [-0.25, -0.2) is 0 Å². The highest BCUT2D eigenvalue weighted by molar-refractivity contribution is 5.25. The molecule has 0 aromatic heterocycles. The van der Waals surface area contributed by atoms with E-state index in [4.69, 9.17) is 0 Å². The molecule has 0 nitrogen and oxygen atoms in total. The molecule has 0 amide bonds. The van der Waals surface area contributed by atoms with Gasteiger partial charge in [-0.2, -0.15) is 0 Å². The van der Waals surface area contributed by atoms with Crippen molar-refractivity contribution in [2.24, 2.45) is 17.3 Å². The van der Waals surface area contributed by atoms with Gasteiger partial charge in [0.05, 0.1) is 0 Å². The Kier molecular flexibility index (Phi) is 16.0. The van der Waals surface area contributed by atoms with Gasteiger partial charge in [-0.15, -0.1) is 6.58 Å². The molecule has 1 fully saturated rings. The number of rotatable bonds is 2. The van der Waals surface area contributed by atoms with Gasteiger partial charge in [0.25, 0.3) is 0 Å². The fourth-order valence-electron chi connectivity index (χ4n) is 3.10. The Balaban J connectivity index is 0. The molecule has 1 aliphatic rings. The summed E-state index contributed by atoms with van der Waals surface area (Å²) in [5, 5.41) is 0. The third-order valence-corrected chi connectivity index (χ3v) is 5.17. The van der Waals surface area contributed by atoms with Crippen LogP contribution in [0.1, 0.15) is 92.2 Å². The van der Waals surface area contributed by atoms with Crippen molar-refractivity contribution in [2.75, 3.05) is 0 Å². The van der Waals surface area contributed by atoms with Crippen LogP contribution in [-0.4, -0.2) is 0 Å². The van der Waals surface area contributed by atoms with Crippen molar-refractivity contribution in [2.45, 2.75) is 94.4 Å². The SMILES string of the molecule is C=C[C@@]1(C)CCC(C)CC1C.CC.CCC.CCc1ccccc1C. The molecule has 1 aromatic carbocycles. The van der Waals surface area contributed by atoms with E-state index in [0.717, 1.165) is 18.3 Å². The normalized spacial score (nSPS) is 24.4. The summed E-state index contributed by atoms with van der Waals surface area (Å²) in [6.45, 7) is 23.6. The molecule has 0 heterocycles. The molecule has 1 aromatic rings. The van der Waals surface area contributed by atoms with Crippen LogP contribution >= 0.6 is 0 Å².